The van der Waals surface area contributed by atoms with E-state index in [0.29, 0.717) is 4.48 Å². The van der Waals surface area contributed by atoms with E-state index in [4.69, 9.17) is 10.00 Å². The van der Waals surface area contributed by atoms with Gasteiger partial charge in [0.05, 0.1) is 11.6 Å². The van der Waals surface area contributed by atoms with E-state index in [1.54, 1.807) is 0 Å². The van der Waals surface area contributed by atoms with Crippen LogP contribution in [0.4, 0.5) is 0 Å². The van der Waals surface area contributed by atoms with Gasteiger partial charge in [-0.15, -0.1) is 0 Å². The molecule has 0 aliphatic carbocycles. The summed E-state index contributed by atoms with van der Waals surface area (Å²) in [4.78, 5) is 23.0. The normalized spacial score (nSPS) is 26.9. The molecule has 0 unspecified atom stereocenters. The van der Waals surface area contributed by atoms with Crippen LogP contribution in [0.15, 0.2) is 10.2 Å². The molecule has 1 rings (SSSR count). The minimum Gasteiger partial charge on any atom is -0.465 e. The Kier molecular flexibility index (Phi) is 4.35. The highest BCUT2D eigenvalue weighted by atomic mass is 79.9. The first-order valence-corrected chi connectivity index (χ1v) is 6.01. The molecule has 1 heterocycles. The first-order valence-electron chi connectivity index (χ1n) is 5.22. The largest absolute Gasteiger partial charge is 0.465 e. The van der Waals surface area contributed by atoms with Crippen molar-refractivity contribution in [2.75, 3.05) is 7.11 Å². The van der Waals surface area contributed by atoms with E-state index in [9.17, 15) is 9.59 Å². The van der Waals surface area contributed by atoms with E-state index in [1.165, 1.54) is 14.0 Å². The number of ether oxygens (including phenoxy) is 2. The molecule has 1 N–H and O–H groups in total. The zero-order valence-electron chi connectivity index (χ0n) is 10.2. The van der Waals surface area contributed by atoms with Crippen molar-refractivity contribution in [3.05, 3.63) is 10.2 Å². The highest BCUT2D eigenvalue weighted by Gasteiger charge is 2.48. The van der Waals surface area contributed by atoms with Crippen LogP contribution in [0, 0.1) is 17.2 Å². The molecule has 0 fully saturated rings. The second-order valence-corrected chi connectivity index (χ2v) is 4.85. The second kappa shape index (κ2) is 5.40. The van der Waals surface area contributed by atoms with Crippen molar-refractivity contribution < 1.29 is 19.1 Å². The Bertz CT molecular complexity index is 454. The lowest BCUT2D eigenvalue weighted by Gasteiger charge is -2.37. The van der Waals surface area contributed by atoms with Gasteiger partial charge in [0.15, 0.2) is 0 Å². The number of allylic oxidation sites excluding steroid dienone is 2. The summed E-state index contributed by atoms with van der Waals surface area (Å²) < 4.78 is 10.5. The molecule has 2 atom stereocenters. The first kappa shape index (κ1) is 14.5. The lowest BCUT2D eigenvalue weighted by atomic mass is 9.94. The van der Waals surface area contributed by atoms with Crippen molar-refractivity contribution in [1.82, 2.24) is 5.32 Å². The number of amides is 1. The van der Waals surface area contributed by atoms with Crippen molar-refractivity contribution in [1.29, 1.82) is 5.26 Å². The minimum atomic E-state index is -1.64. The SMILES string of the molecule is COC(=O)[C@@]1(NC(C)=O)C[C@@H](C)C(Br)=C(C#N)O1. The zero-order valence-corrected chi connectivity index (χ0v) is 11.8. The molecule has 0 aromatic rings. The summed E-state index contributed by atoms with van der Waals surface area (Å²) in [5, 5.41) is 11.4. The molecule has 0 spiro atoms. The van der Waals surface area contributed by atoms with Gasteiger partial charge in [-0.3, -0.25) is 4.79 Å². The van der Waals surface area contributed by atoms with Gasteiger partial charge in [0.25, 0.3) is 5.72 Å². The van der Waals surface area contributed by atoms with Crippen molar-refractivity contribution in [3.8, 4) is 6.07 Å². The van der Waals surface area contributed by atoms with Crippen LogP contribution >= 0.6 is 15.9 Å². The summed E-state index contributed by atoms with van der Waals surface area (Å²) in [5.41, 5.74) is -1.64. The van der Waals surface area contributed by atoms with E-state index in [1.807, 2.05) is 13.0 Å². The van der Waals surface area contributed by atoms with Crippen LogP contribution in [0.2, 0.25) is 0 Å². The van der Waals surface area contributed by atoms with E-state index in [-0.39, 0.29) is 18.1 Å². The van der Waals surface area contributed by atoms with Gasteiger partial charge in [-0.05, 0) is 5.92 Å². The number of rotatable bonds is 2. The Labute approximate surface area is 113 Å². The topological polar surface area (TPSA) is 88.4 Å². The maximum absolute atomic E-state index is 11.8. The van der Waals surface area contributed by atoms with Gasteiger partial charge in [0.1, 0.15) is 6.07 Å². The fourth-order valence-electron chi connectivity index (χ4n) is 1.79. The van der Waals surface area contributed by atoms with Gasteiger partial charge in [-0.1, -0.05) is 22.9 Å². The Morgan fingerprint density at radius 3 is 2.72 bits per heavy atom. The predicted molar refractivity (Wildman–Crippen MR) is 65.0 cm³/mol. The van der Waals surface area contributed by atoms with E-state index < -0.39 is 17.6 Å². The smallest absolute Gasteiger partial charge is 0.372 e. The number of carbonyl (C=O) groups is 2. The quantitative estimate of drug-likeness (QED) is 0.773. The molecule has 0 aromatic carbocycles. The Morgan fingerprint density at radius 1 is 1.67 bits per heavy atom. The van der Waals surface area contributed by atoms with Gasteiger partial charge in [0.2, 0.25) is 11.7 Å². The van der Waals surface area contributed by atoms with Crippen LogP contribution in [0.1, 0.15) is 20.3 Å². The van der Waals surface area contributed by atoms with Crippen LogP contribution in [-0.4, -0.2) is 24.7 Å². The average Bonchev–Trinajstić information content (AvgIpc) is 2.31. The molecular formula is C11H13BrN2O4. The fourth-order valence-corrected chi connectivity index (χ4v) is 2.12. The molecule has 0 bridgehead atoms. The monoisotopic (exact) mass is 316 g/mol. The number of esters is 1. The number of hydrogen-bond acceptors (Lipinski definition) is 5. The number of nitrogens with zero attached hydrogens (tertiary/aromatic N) is 1. The second-order valence-electron chi connectivity index (χ2n) is 4.00. The van der Waals surface area contributed by atoms with Crippen molar-refractivity contribution in [2.24, 2.45) is 5.92 Å². The number of carbonyl (C=O) groups excluding carboxylic acids is 2. The minimum absolute atomic E-state index is 0.0344. The summed E-state index contributed by atoms with van der Waals surface area (Å²) in [6, 6.07) is 1.84. The van der Waals surface area contributed by atoms with Crippen molar-refractivity contribution in [3.63, 3.8) is 0 Å². The predicted octanol–water partition coefficient (Wildman–Crippen LogP) is 1.18. The van der Waals surface area contributed by atoms with Crippen LogP contribution in [-0.2, 0) is 19.1 Å². The summed E-state index contributed by atoms with van der Waals surface area (Å²) in [6.07, 6.45) is 0.186. The molecule has 1 aliphatic rings. The maximum atomic E-state index is 11.8. The summed E-state index contributed by atoms with van der Waals surface area (Å²) >= 11 is 3.24. The highest BCUT2D eigenvalue weighted by molar-refractivity contribution is 9.11. The van der Waals surface area contributed by atoms with Crippen LogP contribution in [0.3, 0.4) is 0 Å². The van der Waals surface area contributed by atoms with Gasteiger partial charge in [-0.25, -0.2) is 4.79 Å². The molecule has 0 aromatic heterocycles. The lowest BCUT2D eigenvalue weighted by Crippen LogP contribution is -2.58. The molecule has 1 aliphatic heterocycles. The fraction of sp³-hybridized carbons (Fsp3) is 0.545. The standard InChI is InChI=1S/C11H13BrN2O4/c1-6-4-11(10(16)17-3,14-7(2)15)18-8(5-13)9(6)12/h6H,4H2,1-3H3,(H,14,15)/t6-,11-/m1/s1. The molecule has 98 valence electrons. The molecule has 0 saturated heterocycles. The van der Waals surface area contributed by atoms with E-state index in [2.05, 4.69) is 26.0 Å². The third kappa shape index (κ3) is 2.64. The van der Waals surface area contributed by atoms with Crippen LogP contribution in [0.25, 0.3) is 0 Å². The van der Waals surface area contributed by atoms with Gasteiger partial charge in [0, 0.05) is 13.3 Å². The summed E-state index contributed by atoms with van der Waals surface area (Å²) in [7, 11) is 1.19. The highest BCUT2D eigenvalue weighted by Crippen LogP contribution is 2.37. The van der Waals surface area contributed by atoms with Crippen LogP contribution in [0.5, 0.6) is 0 Å². The summed E-state index contributed by atoms with van der Waals surface area (Å²) in [5.74, 6) is -1.37. The molecule has 18 heavy (non-hydrogen) atoms. The first-order chi connectivity index (χ1) is 8.36. The van der Waals surface area contributed by atoms with E-state index in [0.717, 1.165) is 0 Å². The molecular weight excluding hydrogens is 304 g/mol. The van der Waals surface area contributed by atoms with Gasteiger partial charge in [-0.2, -0.15) is 5.26 Å². The number of nitrogens with one attached hydrogen (secondary N) is 1. The lowest BCUT2D eigenvalue weighted by molar-refractivity contribution is -0.174. The molecule has 1 amide bonds. The third-order valence-corrected chi connectivity index (χ3v) is 3.66. The molecule has 6 nitrogen and oxygen atoms in total. The van der Waals surface area contributed by atoms with E-state index >= 15 is 0 Å². The molecule has 0 saturated carbocycles. The average molecular weight is 317 g/mol. The maximum Gasteiger partial charge on any atom is 0.372 e. The summed E-state index contributed by atoms with van der Waals surface area (Å²) in [6.45, 7) is 3.07. The number of nitriles is 1. The number of hydrogen-bond donors (Lipinski definition) is 1. The van der Waals surface area contributed by atoms with Crippen molar-refractivity contribution >= 4 is 27.8 Å². The van der Waals surface area contributed by atoms with Gasteiger partial charge < -0.3 is 14.8 Å². The van der Waals surface area contributed by atoms with Gasteiger partial charge >= 0.3 is 5.97 Å². The van der Waals surface area contributed by atoms with Crippen molar-refractivity contribution in [2.45, 2.75) is 26.0 Å². The Morgan fingerprint density at radius 2 is 2.28 bits per heavy atom. The number of halogens is 1. The Hall–Kier alpha value is -1.55. The zero-order chi connectivity index (χ0) is 13.9. The molecule has 7 heteroatoms. The number of methoxy groups -OCH3 is 1. The van der Waals surface area contributed by atoms with Crippen LogP contribution < -0.4 is 5.32 Å². The third-order valence-electron chi connectivity index (χ3n) is 2.51. The molecule has 0 radical (unpaired) electrons. The Balaban J connectivity index is 3.20.